The van der Waals surface area contributed by atoms with Gasteiger partial charge in [0.2, 0.25) is 5.91 Å². The van der Waals surface area contributed by atoms with Crippen LogP contribution in [0.4, 0.5) is 13.2 Å². The number of hydrogen-bond donors (Lipinski definition) is 1. The van der Waals surface area contributed by atoms with Gasteiger partial charge < -0.3 is 10.2 Å². The number of aromatic nitrogens is 2. The number of nitrogens with one attached hydrogen (secondary N) is 1. The van der Waals surface area contributed by atoms with Crippen LogP contribution in [0.15, 0.2) is 36.7 Å². The zero-order valence-electron chi connectivity index (χ0n) is 16.1. The molecule has 3 rings (SSSR count). The van der Waals surface area contributed by atoms with E-state index in [4.69, 9.17) is 11.6 Å². The second-order valence-corrected chi connectivity index (χ2v) is 7.45. The van der Waals surface area contributed by atoms with Crippen molar-refractivity contribution < 1.29 is 22.8 Å². The van der Waals surface area contributed by atoms with E-state index in [0.717, 1.165) is 12.1 Å². The Balaban J connectivity index is 1.53. The van der Waals surface area contributed by atoms with Crippen LogP contribution in [0, 0.1) is 0 Å². The fourth-order valence-corrected chi connectivity index (χ4v) is 3.41. The Labute approximate surface area is 176 Å². The van der Waals surface area contributed by atoms with Crippen LogP contribution < -0.4 is 5.32 Å². The molecule has 2 aromatic rings. The summed E-state index contributed by atoms with van der Waals surface area (Å²) >= 11 is 5.60. The predicted molar refractivity (Wildman–Crippen MR) is 106 cm³/mol. The van der Waals surface area contributed by atoms with Crippen LogP contribution in [0.3, 0.4) is 0 Å². The van der Waals surface area contributed by atoms with Crippen molar-refractivity contribution in [3.05, 3.63) is 58.4 Å². The maximum atomic E-state index is 12.9. The Morgan fingerprint density at radius 1 is 1.27 bits per heavy atom. The van der Waals surface area contributed by atoms with E-state index < -0.39 is 11.7 Å². The molecule has 2 heterocycles. The quantitative estimate of drug-likeness (QED) is 0.740. The maximum absolute atomic E-state index is 12.9. The molecule has 1 aliphatic heterocycles. The van der Waals surface area contributed by atoms with Gasteiger partial charge in [0.25, 0.3) is 5.91 Å². The molecule has 0 aliphatic carbocycles. The van der Waals surface area contributed by atoms with Gasteiger partial charge in [-0.1, -0.05) is 17.7 Å². The first-order chi connectivity index (χ1) is 14.1. The lowest BCUT2D eigenvalue weighted by atomic mass is 10.0. The van der Waals surface area contributed by atoms with Crippen molar-refractivity contribution in [3.63, 3.8) is 0 Å². The number of amides is 2. The lowest BCUT2D eigenvalue weighted by Crippen LogP contribution is -2.46. The highest BCUT2D eigenvalue weighted by atomic mass is 35.5. The van der Waals surface area contributed by atoms with E-state index in [0.29, 0.717) is 31.5 Å². The Hall–Kier alpha value is -2.81. The van der Waals surface area contributed by atoms with Crippen molar-refractivity contribution in [1.29, 1.82) is 0 Å². The third-order valence-corrected chi connectivity index (χ3v) is 5.15. The molecule has 0 spiro atoms. The van der Waals surface area contributed by atoms with Gasteiger partial charge in [0.1, 0.15) is 0 Å². The first-order valence-corrected chi connectivity index (χ1v) is 9.64. The molecule has 160 valence electrons. The summed E-state index contributed by atoms with van der Waals surface area (Å²) < 4.78 is 40.4. The van der Waals surface area contributed by atoms with Gasteiger partial charge in [-0.05, 0) is 36.6 Å². The molecule has 1 saturated heterocycles. The summed E-state index contributed by atoms with van der Waals surface area (Å²) in [5.74, 6) is -0.508. The molecule has 0 radical (unpaired) electrons. The predicted octanol–water partition coefficient (Wildman–Crippen LogP) is 3.53. The number of carbonyl (C=O) groups is 2. The lowest BCUT2D eigenvalue weighted by molar-refractivity contribution is -0.137. The molecular weight excluding hydrogens is 421 g/mol. The molecule has 1 aromatic heterocycles. The van der Waals surface area contributed by atoms with E-state index in [9.17, 15) is 22.8 Å². The fourth-order valence-electron chi connectivity index (χ4n) is 3.19. The molecule has 2 amide bonds. The first-order valence-electron chi connectivity index (χ1n) is 9.27. The number of benzene rings is 1. The smallest absolute Gasteiger partial charge is 0.349 e. The van der Waals surface area contributed by atoms with Gasteiger partial charge in [0, 0.05) is 38.5 Å². The Bertz CT molecular complexity index is 963. The zero-order chi connectivity index (χ0) is 21.9. The fraction of sp³-hybridized carbons (Fsp3) is 0.350. The number of likely N-dealkylation sites (tertiary alicyclic amines) is 1. The zero-order valence-corrected chi connectivity index (χ0v) is 16.9. The number of piperidine rings is 1. The van der Waals surface area contributed by atoms with Crippen molar-refractivity contribution in [3.8, 4) is 0 Å². The molecule has 0 atom stereocenters. The average molecular weight is 441 g/mol. The van der Waals surface area contributed by atoms with Gasteiger partial charge in [-0.25, -0.2) is 0 Å². The molecule has 10 heteroatoms. The largest absolute Gasteiger partial charge is 0.417 e. The van der Waals surface area contributed by atoms with Crippen molar-refractivity contribution in [2.45, 2.75) is 25.1 Å². The summed E-state index contributed by atoms with van der Waals surface area (Å²) in [6.45, 7) is 0.880. The van der Waals surface area contributed by atoms with Crippen LogP contribution in [0.5, 0.6) is 0 Å². The van der Waals surface area contributed by atoms with Crippen LogP contribution in [-0.2, 0) is 18.0 Å². The number of hydrogen-bond acceptors (Lipinski definition) is 3. The minimum atomic E-state index is -4.56. The number of alkyl halides is 3. The highest BCUT2D eigenvalue weighted by Gasteiger charge is 2.33. The molecule has 0 bridgehead atoms. The summed E-state index contributed by atoms with van der Waals surface area (Å²) in [5.41, 5.74) is -0.234. The number of rotatable bonds is 4. The molecular formula is C20H20ClF3N4O2. The molecule has 30 heavy (non-hydrogen) atoms. The third-order valence-electron chi connectivity index (χ3n) is 4.82. The summed E-state index contributed by atoms with van der Waals surface area (Å²) in [7, 11) is 1.72. The molecule has 0 unspecified atom stereocenters. The standard InChI is InChI=1S/C20H20ClF3N4O2/c1-27-12-14(11-25-27)19(30)26-15-6-8-28(9-7-15)18(29)5-3-13-2-4-17(21)16(10-13)20(22,23)24/h2-5,10-12,15H,6-9H2,1H3,(H,26,30)/b5-3+. The van der Waals surface area contributed by atoms with Gasteiger partial charge in [-0.15, -0.1) is 0 Å². The van der Waals surface area contributed by atoms with Crippen molar-refractivity contribution in [2.75, 3.05) is 13.1 Å². The highest BCUT2D eigenvalue weighted by Crippen LogP contribution is 2.35. The second-order valence-electron chi connectivity index (χ2n) is 7.05. The minimum absolute atomic E-state index is 0.0589. The van der Waals surface area contributed by atoms with E-state index in [-0.39, 0.29) is 28.4 Å². The molecule has 1 N–H and O–H groups in total. The molecule has 0 saturated carbocycles. The van der Waals surface area contributed by atoms with E-state index in [1.807, 2.05) is 0 Å². The first kappa shape index (κ1) is 21.9. The highest BCUT2D eigenvalue weighted by molar-refractivity contribution is 6.31. The van der Waals surface area contributed by atoms with Crippen LogP contribution in [-0.4, -0.2) is 45.6 Å². The van der Waals surface area contributed by atoms with E-state index in [1.54, 1.807) is 22.8 Å². The second kappa shape index (κ2) is 8.91. The van der Waals surface area contributed by atoms with Gasteiger partial charge in [-0.3, -0.25) is 14.3 Å². The Morgan fingerprint density at radius 3 is 2.57 bits per heavy atom. The number of nitrogens with zero attached hydrogens (tertiary/aromatic N) is 3. The minimum Gasteiger partial charge on any atom is -0.349 e. The topological polar surface area (TPSA) is 67.2 Å². The third kappa shape index (κ3) is 5.41. The summed E-state index contributed by atoms with van der Waals surface area (Å²) in [6, 6.07) is 3.43. The van der Waals surface area contributed by atoms with Crippen molar-refractivity contribution >= 4 is 29.5 Å². The normalized spacial score (nSPS) is 15.6. The van der Waals surface area contributed by atoms with Crippen molar-refractivity contribution in [2.24, 2.45) is 7.05 Å². The van der Waals surface area contributed by atoms with E-state index in [2.05, 4.69) is 10.4 Å². The monoisotopic (exact) mass is 440 g/mol. The van der Waals surface area contributed by atoms with Gasteiger partial charge >= 0.3 is 6.18 Å². The van der Waals surface area contributed by atoms with E-state index >= 15 is 0 Å². The number of carbonyl (C=O) groups excluding carboxylic acids is 2. The Morgan fingerprint density at radius 2 is 1.97 bits per heavy atom. The van der Waals surface area contributed by atoms with Crippen LogP contribution in [0.1, 0.15) is 34.3 Å². The molecule has 1 aliphatic rings. The molecule has 1 fully saturated rings. The SMILES string of the molecule is Cn1cc(C(=O)NC2CCN(C(=O)/C=C/c3ccc(Cl)c(C(F)(F)F)c3)CC2)cn1. The molecule has 6 nitrogen and oxygen atoms in total. The van der Waals surface area contributed by atoms with Crippen LogP contribution >= 0.6 is 11.6 Å². The lowest BCUT2D eigenvalue weighted by Gasteiger charge is -2.31. The maximum Gasteiger partial charge on any atom is 0.417 e. The number of aryl methyl sites for hydroxylation is 1. The van der Waals surface area contributed by atoms with E-state index in [1.165, 1.54) is 24.4 Å². The van der Waals surface area contributed by atoms with Crippen LogP contribution in [0.2, 0.25) is 5.02 Å². The number of halogens is 4. The summed E-state index contributed by atoms with van der Waals surface area (Å²) in [5, 5.41) is 6.50. The van der Waals surface area contributed by atoms with Crippen LogP contribution in [0.25, 0.3) is 6.08 Å². The van der Waals surface area contributed by atoms with Gasteiger partial charge in [-0.2, -0.15) is 18.3 Å². The molecule has 1 aromatic carbocycles. The Kier molecular flexibility index (Phi) is 6.50. The van der Waals surface area contributed by atoms with Gasteiger partial charge in [0.05, 0.1) is 22.3 Å². The average Bonchev–Trinajstić information content (AvgIpc) is 3.13. The van der Waals surface area contributed by atoms with Crippen molar-refractivity contribution in [1.82, 2.24) is 20.0 Å². The van der Waals surface area contributed by atoms with Gasteiger partial charge in [0.15, 0.2) is 0 Å². The summed E-state index contributed by atoms with van der Waals surface area (Å²) in [6.07, 6.45) is 2.31. The summed E-state index contributed by atoms with van der Waals surface area (Å²) in [4.78, 5) is 26.1.